The fraction of sp³-hybridized carbons (Fsp3) is 0.100. The molecule has 1 heterocycles. The smallest absolute Gasteiger partial charge is 0.0704 e. The van der Waals surface area contributed by atoms with Crippen molar-refractivity contribution in [3.8, 4) is 0 Å². The number of para-hydroxylation sites is 1. The van der Waals surface area contributed by atoms with Crippen molar-refractivity contribution in [2.24, 2.45) is 0 Å². The third-order valence-electron chi connectivity index (χ3n) is 1.87. The van der Waals surface area contributed by atoms with Gasteiger partial charge in [-0.05, 0) is 24.6 Å². The molecule has 54 valence electrons. The van der Waals surface area contributed by atoms with E-state index in [4.69, 9.17) is 0 Å². The number of pyridine rings is 1. The van der Waals surface area contributed by atoms with Crippen molar-refractivity contribution in [2.45, 2.75) is 6.92 Å². The Morgan fingerprint density at radius 1 is 1.09 bits per heavy atom. The van der Waals surface area contributed by atoms with Crippen molar-refractivity contribution in [2.75, 3.05) is 0 Å². The van der Waals surface area contributed by atoms with Crippen LogP contribution in [0.25, 0.3) is 10.9 Å². The van der Waals surface area contributed by atoms with E-state index in [0.29, 0.717) is 0 Å². The van der Waals surface area contributed by atoms with E-state index in [1.54, 1.807) is 0 Å². The van der Waals surface area contributed by atoms with E-state index >= 15 is 0 Å². The fourth-order valence-electron chi connectivity index (χ4n) is 1.24. The van der Waals surface area contributed by atoms with Gasteiger partial charge in [-0.1, -0.05) is 18.2 Å². The summed E-state index contributed by atoms with van der Waals surface area (Å²) in [5.41, 5.74) is 2.36. The van der Waals surface area contributed by atoms with Crippen molar-refractivity contribution in [1.29, 1.82) is 0 Å². The van der Waals surface area contributed by atoms with E-state index in [0.717, 1.165) is 5.52 Å². The van der Waals surface area contributed by atoms with Gasteiger partial charge in [-0.3, -0.25) is 4.98 Å². The molecule has 11 heavy (non-hydrogen) atoms. The standard InChI is InChI=1S/C10H9N/c1-8-6-7-11-10-5-3-2-4-9(8)10/h2-7H,1H3/i1-1. The average molecular weight is 142 g/mol. The predicted octanol–water partition coefficient (Wildman–Crippen LogP) is 2.54. The van der Waals surface area contributed by atoms with Crippen molar-refractivity contribution in [3.05, 3.63) is 42.1 Å². The lowest BCUT2D eigenvalue weighted by atomic mass is 9.99. The summed E-state index contributed by atoms with van der Waals surface area (Å²) in [5.74, 6) is 0. The van der Waals surface area contributed by atoms with Crippen LogP contribution in [0.2, 0.25) is 0 Å². The van der Waals surface area contributed by atoms with E-state index in [-0.39, 0.29) is 0 Å². The van der Waals surface area contributed by atoms with Crippen molar-refractivity contribution >= 4 is 10.9 Å². The van der Waals surface area contributed by atoms with E-state index in [9.17, 15) is 0 Å². The van der Waals surface area contributed by atoms with Gasteiger partial charge in [-0.2, -0.15) is 0 Å². The Morgan fingerprint density at radius 2 is 1.91 bits per heavy atom. The van der Waals surface area contributed by atoms with E-state index in [1.165, 1.54) is 10.9 Å². The lowest BCUT2D eigenvalue weighted by Gasteiger charge is -1.97. The van der Waals surface area contributed by atoms with Crippen molar-refractivity contribution < 1.29 is 0 Å². The maximum atomic E-state index is 4.24. The van der Waals surface area contributed by atoms with Crippen LogP contribution in [0.3, 0.4) is 0 Å². The van der Waals surface area contributed by atoms with E-state index in [1.807, 2.05) is 30.5 Å². The zero-order valence-electron chi connectivity index (χ0n) is 6.41. The average Bonchev–Trinajstić information content (AvgIpc) is 2.06. The fourth-order valence-corrected chi connectivity index (χ4v) is 1.24. The largest absolute Gasteiger partial charge is 0.256 e. The maximum absolute atomic E-state index is 4.24. The normalized spacial score (nSPS) is 10.3. The monoisotopic (exact) mass is 142 g/mol. The summed E-state index contributed by atoms with van der Waals surface area (Å²) in [6, 6.07) is 10.2. The summed E-state index contributed by atoms with van der Waals surface area (Å²) in [4.78, 5) is 4.24. The van der Waals surface area contributed by atoms with Gasteiger partial charge in [0.15, 0.2) is 0 Å². The first kappa shape index (κ1) is 6.35. The molecule has 0 aliphatic carbocycles. The SMILES string of the molecule is [11CH3]c1ccnc2ccccc12. The second-order valence-electron chi connectivity index (χ2n) is 2.64. The summed E-state index contributed by atoms with van der Waals surface area (Å²) in [6.07, 6.45) is 1.84. The predicted molar refractivity (Wildman–Crippen MR) is 46.5 cm³/mol. The number of hydrogen-bond acceptors (Lipinski definition) is 1. The van der Waals surface area contributed by atoms with Crippen LogP contribution in [0, 0.1) is 6.92 Å². The zero-order chi connectivity index (χ0) is 7.68. The molecule has 0 atom stereocenters. The molecular weight excluding hydrogens is 133 g/mol. The Labute approximate surface area is 65.7 Å². The minimum absolute atomic E-state index is 1.08. The summed E-state index contributed by atoms with van der Waals surface area (Å²) in [7, 11) is 0. The van der Waals surface area contributed by atoms with Gasteiger partial charge in [-0.15, -0.1) is 0 Å². The van der Waals surface area contributed by atoms with E-state index in [2.05, 4.69) is 18.0 Å². The summed E-state index contributed by atoms with van der Waals surface area (Å²) in [6.45, 7) is 2.10. The topological polar surface area (TPSA) is 12.9 Å². The number of aryl methyl sites for hydroxylation is 1. The van der Waals surface area contributed by atoms with Crippen LogP contribution in [0.4, 0.5) is 0 Å². The molecule has 0 saturated heterocycles. The number of nitrogens with zero attached hydrogens (tertiary/aromatic N) is 1. The molecule has 0 N–H and O–H groups in total. The molecule has 0 spiro atoms. The van der Waals surface area contributed by atoms with Crippen LogP contribution < -0.4 is 0 Å². The Bertz CT molecular complexity index is 374. The molecule has 0 aliphatic heterocycles. The maximum Gasteiger partial charge on any atom is 0.0704 e. The second-order valence-corrected chi connectivity index (χ2v) is 2.64. The van der Waals surface area contributed by atoms with Crippen LogP contribution >= 0.6 is 0 Å². The highest BCUT2D eigenvalue weighted by atomic mass is 14.6. The minimum atomic E-state index is 1.08. The summed E-state index contributed by atoms with van der Waals surface area (Å²) >= 11 is 0. The number of rotatable bonds is 0. The molecule has 1 nitrogen and oxygen atoms in total. The molecule has 0 bridgehead atoms. The van der Waals surface area contributed by atoms with Crippen LogP contribution in [-0.2, 0) is 0 Å². The lowest BCUT2D eigenvalue weighted by molar-refractivity contribution is 1.37. The quantitative estimate of drug-likeness (QED) is 0.550. The van der Waals surface area contributed by atoms with Crippen LogP contribution in [0.5, 0.6) is 0 Å². The molecule has 0 aliphatic rings. The summed E-state index contributed by atoms with van der Waals surface area (Å²) in [5, 5.41) is 1.25. The molecule has 1 heteroatoms. The minimum Gasteiger partial charge on any atom is -0.256 e. The van der Waals surface area contributed by atoms with Gasteiger partial charge < -0.3 is 0 Å². The van der Waals surface area contributed by atoms with Crippen molar-refractivity contribution in [3.63, 3.8) is 0 Å². The number of benzene rings is 1. The Kier molecular flexibility index (Phi) is 1.35. The van der Waals surface area contributed by atoms with Gasteiger partial charge in [0.25, 0.3) is 0 Å². The third-order valence-corrected chi connectivity index (χ3v) is 1.87. The van der Waals surface area contributed by atoms with Gasteiger partial charge in [-0.25, -0.2) is 0 Å². The molecule has 0 radical (unpaired) electrons. The van der Waals surface area contributed by atoms with Gasteiger partial charge in [0.2, 0.25) is 0 Å². The molecule has 1 aromatic heterocycles. The first-order valence-corrected chi connectivity index (χ1v) is 3.68. The highest BCUT2D eigenvalue weighted by molar-refractivity contribution is 5.81. The molecule has 0 saturated carbocycles. The number of fused-ring (bicyclic) bond motifs is 1. The molecule has 0 fully saturated rings. The molecule has 2 aromatic rings. The molecule has 1 aromatic carbocycles. The molecule has 0 amide bonds. The first-order chi connectivity index (χ1) is 5.38. The number of hydrogen-bond donors (Lipinski definition) is 0. The second kappa shape index (κ2) is 2.35. The van der Waals surface area contributed by atoms with Gasteiger partial charge in [0.1, 0.15) is 0 Å². The Balaban J connectivity index is 2.91. The zero-order valence-corrected chi connectivity index (χ0v) is 6.41. The highest BCUT2D eigenvalue weighted by Gasteiger charge is 1.93. The molecule has 0 unspecified atom stereocenters. The van der Waals surface area contributed by atoms with Crippen LogP contribution in [-0.4, -0.2) is 4.98 Å². The van der Waals surface area contributed by atoms with Gasteiger partial charge >= 0.3 is 0 Å². The lowest BCUT2D eigenvalue weighted by Crippen LogP contribution is -1.79. The van der Waals surface area contributed by atoms with Crippen molar-refractivity contribution in [1.82, 2.24) is 4.98 Å². The third kappa shape index (κ3) is 0.984. The van der Waals surface area contributed by atoms with E-state index < -0.39 is 0 Å². The molecule has 2 rings (SSSR count). The first-order valence-electron chi connectivity index (χ1n) is 3.68. The van der Waals surface area contributed by atoms with Crippen LogP contribution in [0.15, 0.2) is 36.5 Å². The highest BCUT2D eigenvalue weighted by Crippen LogP contribution is 2.13. The van der Waals surface area contributed by atoms with Gasteiger partial charge in [0.05, 0.1) is 5.52 Å². The molecular formula is C10H9N. The van der Waals surface area contributed by atoms with Crippen LogP contribution in [0.1, 0.15) is 5.56 Å². The Morgan fingerprint density at radius 3 is 2.73 bits per heavy atom. The summed E-state index contributed by atoms with van der Waals surface area (Å²) < 4.78 is 0. The Hall–Kier alpha value is -1.37. The number of aromatic nitrogens is 1. The van der Waals surface area contributed by atoms with Gasteiger partial charge in [0, 0.05) is 11.6 Å².